The summed E-state index contributed by atoms with van der Waals surface area (Å²) in [5.74, 6) is 0.135. The summed E-state index contributed by atoms with van der Waals surface area (Å²) in [6, 6.07) is 12.7. The molecule has 0 fully saturated rings. The van der Waals surface area contributed by atoms with Crippen molar-refractivity contribution in [2.24, 2.45) is 5.92 Å². The summed E-state index contributed by atoms with van der Waals surface area (Å²) >= 11 is 3.02. The van der Waals surface area contributed by atoms with E-state index in [4.69, 9.17) is 4.42 Å². The standard InChI is InChI=1S/C25H23N3O3S2/c1-13(2)11-19-26-27-25(33-19)28-21(15-6-8-16(32-4)9-7-15)20-22(29)17-12-14(3)5-10-18(17)31-23(20)24(28)30/h5-10,12-13,21H,11H2,1-4H3/t21-/m1/s1. The van der Waals surface area contributed by atoms with E-state index in [1.807, 2.05) is 49.6 Å². The van der Waals surface area contributed by atoms with Gasteiger partial charge in [0, 0.05) is 11.3 Å². The van der Waals surface area contributed by atoms with Crippen LogP contribution in [0, 0.1) is 12.8 Å². The van der Waals surface area contributed by atoms with Crippen LogP contribution >= 0.6 is 23.1 Å². The maximum absolute atomic E-state index is 13.7. The Hall–Kier alpha value is -2.97. The smallest absolute Gasteiger partial charge is 0.297 e. The normalized spacial score (nSPS) is 15.6. The molecule has 3 heterocycles. The number of nitrogens with zero attached hydrogens (tertiary/aromatic N) is 3. The molecule has 0 radical (unpaired) electrons. The van der Waals surface area contributed by atoms with Gasteiger partial charge in [-0.05, 0) is 48.9 Å². The van der Waals surface area contributed by atoms with E-state index in [1.165, 1.54) is 11.3 Å². The van der Waals surface area contributed by atoms with Gasteiger partial charge in [-0.2, -0.15) is 0 Å². The van der Waals surface area contributed by atoms with Crippen molar-refractivity contribution in [3.63, 3.8) is 0 Å². The van der Waals surface area contributed by atoms with E-state index in [1.54, 1.807) is 22.7 Å². The zero-order valence-corrected chi connectivity index (χ0v) is 20.4. The Morgan fingerprint density at radius 3 is 2.58 bits per heavy atom. The number of amides is 1. The molecule has 2 aromatic carbocycles. The number of carbonyl (C=O) groups is 1. The first-order valence-corrected chi connectivity index (χ1v) is 12.8. The van der Waals surface area contributed by atoms with E-state index < -0.39 is 6.04 Å². The van der Waals surface area contributed by atoms with Crippen LogP contribution in [0.25, 0.3) is 11.0 Å². The third-order valence-corrected chi connectivity index (χ3v) is 7.39. The Morgan fingerprint density at radius 1 is 1.12 bits per heavy atom. The molecule has 0 aliphatic carbocycles. The Morgan fingerprint density at radius 2 is 1.88 bits per heavy atom. The van der Waals surface area contributed by atoms with Crippen LogP contribution in [-0.2, 0) is 6.42 Å². The van der Waals surface area contributed by atoms with Crippen molar-refractivity contribution in [1.29, 1.82) is 0 Å². The van der Waals surface area contributed by atoms with Crippen molar-refractivity contribution in [1.82, 2.24) is 10.2 Å². The molecular weight excluding hydrogens is 454 g/mol. The van der Waals surface area contributed by atoms with E-state index in [0.29, 0.717) is 27.6 Å². The van der Waals surface area contributed by atoms with E-state index in [9.17, 15) is 9.59 Å². The maximum Gasteiger partial charge on any atom is 0.297 e. The number of hydrogen-bond acceptors (Lipinski definition) is 7. The monoisotopic (exact) mass is 477 g/mol. The van der Waals surface area contributed by atoms with Gasteiger partial charge in [-0.15, -0.1) is 22.0 Å². The summed E-state index contributed by atoms with van der Waals surface area (Å²) in [7, 11) is 0. The third kappa shape index (κ3) is 3.77. The first kappa shape index (κ1) is 21.9. The summed E-state index contributed by atoms with van der Waals surface area (Å²) in [6.45, 7) is 6.16. The molecule has 0 saturated heterocycles. The largest absolute Gasteiger partial charge is 0.450 e. The summed E-state index contributed by atoms with van der Waals surface area (Å²) in [5, 5.41) is 10.5. The lowest BCUT2D eigenvalue weighted by atomic mass is 9.98. The minimum Gasteiger partial charge on any atom is -0.450 e. The highest BCUT2D eigenvalue weighted by Crippen LogP contribution is 2.42. The lowest BCUT2D eigenvalue weighted by molar-refractivity contribution is 0.0970. The van der Waals surface area contributed by atoms with E-state index in [-0.39, 0.29) is 17.1 Å². The molecule has 4 aromatic rings. The zero-order valence-electron chi connectivity index (χ0n) is 18.8. The van der Waals surface area contributed by atoms with Crippen molar-refractivity contribution in [3.05, 3.63) is 80.1 Å². The van der Waals surface area contributed by atoms with Gasteiger partial charge in [0.15, 0.2) is 5.43 Å². The number of benzene rings is 2. The van der Waals surface area contributed by atoms with Crippen LogP contribution in [0.5, 0.6) is 0 Å². The lowest BCUT2D eigenvalue weighted by Crippen LogP contribution is -2.29. The molecule has 0 N–H and O–H groups in total. The minimum absolute atomic E-state index is 0.0795. The van der Waals surface area contributed by atoms with Gasteiger partial charge in [0.1, 0.15) is 10.6 Å². The molecule has 0 bridgehead atoms. The average Bonchev–Trinajstić information content (AvgIpc) is 3.36. The zero-order chi connectivity index (χ0) is 23.3. The Bertz CT molecular complexity index is 1420. The van der Waals surface area contributed by atoms with Gasteiger partial charge in [0.2, 0.25) is 10.9 Å². The summed E-state index contributed by atoms with van der Waals surface area (Å²) in [6.07, 6.45) is 2.79. The van der Waals surface area contributed by atoms with E-state index in [0.717, 1.165) is 27.5 Å². The number of rotatable bonds is 5. The SMILES string of the molecule is CSc1ccc([C@@H]2c3c(oc4ccc(C)cc4c3=O)C(=O)N2c2nnc(CC(C)C)s2)cc1. The van der Waals surface area contributed by atoms with Crippen molar-refractivity contribution in [2.75, 3.05) is 11.2 Å². The molecule has 2 aromatic heterocycles. The number of fused-ring (bicyclic) bond motifs is 2. The molecule has 1 aliphatic heterocycles. The molecule has 0 spiro atoms. The molecule has 6 nitrogen and oxygen atoms in total. The van der Waals surface area contributed by atoms with Gasteiger partial charge in [-0.3, -0.25) is 14.5 Å². The number of carbonyl (C=O) groups excluding carboxylic acids is 1. The van der Waals surface area contributed by atoms with Gasteiger partial charge in [0.05, 0.1) is 17.0 Å². The topological polar surface area (TPSA) is 76.3 Å². The fourth-order valence-corrected chi connectivity index (χ4v) is 5.65. The first-order chi connectivity index (χ1) is 15.9. The van der Waals surface area contributed by atoms with Crippen LogP contribution in [0.3, 0.4) is 0 Å². The molecule has 1 atom stereocenters. The number of aryl methyl sites for hydroxylation is 1. The van der Waals surface area contributed by atoms with Gasteiger partial charge >= 0.3 is 0 Å². The van der Waals surface area contributed by atoms with Crippen LogP contribution < -0.4 is 10.3 Å². The summed E-state index contributed by atoms with van der Waals surface area (Å²) in [4.78, 5) is 30.0. The highest BCUT2D eigenvalue weighted by molar-refractivity contribution is 7.98. The Kier molecular flexibility index (Phi) is 5.58. The molecule has 0 saturated carbocycles. The van der Waals surface area contributed by atoms with Crippen molar-refractivity contribution < 1.29 is 9.21 Å². The molecule has 1 amide bonds. The van der Waals surface area contributed by atoms with Crippen LogP contribution in [0.4, 0.5) is 5.13 Å². The summed E-state index contributed by atoms with van der Waals surface area (Å²) < 4.78 is 6.03. The fraction of sp³-hybridized carbons (Fsp3) is 0.280. The predicted octanol–water partition coefficient (Wildman–Crippen LogP) is 5.62. The molecular formula is C25H23N3O3S2. The average molecular weight is 478 g/mol. The molecule has 0 unspecified atom stereocenters. The molecule has 8 heteroatoms. The molecule has 168 valence electrons. The van der Waals surface area contributed by atoms with Gasteiger partial charge < -0.3 is 4.42 Å². The molecule has 1 aliphatic rings. The molecule has 33 heavy (non-hydrogen) atoms. The number of anilines is 1. The number of thioether (sulfide) groups is 1. The second-order valence-corrected chi connectivity index (χ2v) is 10.5. The Balaban J connectivity index is 1.73. The van der Waals surface area contributed by atoms with Gasteiger partial charge in [-0.25, -0.2) is 0 Å². The maximum atomic E-state index is 13.7. The van der Waals surface area contributed by atoms with Crippen LogP contribution in [0.15, 0.2) is 56.6 Å². The highest BCUT2D eigenvalue weighted by atomic mass is 32.2. The predicted molar refractivity (Wildman–Crippen MR) is 133 cm³/mol. The fourth-order valence-electron chi connectivity index (χ4n) is 4.16. The third-order valence-electron chi connectivity index (χ3n) is 5.70. The van der Waals surface area contributed by atoms with Crippen LogP contribution in [0.1, 0.15) is 52.1 Å². The Labute approximate surface area is 199 Å². The molecule has 5 rings (SSSR count). The van der Waals surface area contributed by atoms with Crippen molar-refractivity contribution >= 4 is 45.1 Å². The number of aromatic nitrogens is 2. The van der Waals surface area contributed by atoms with E-state index in [2.05, 4.69) is 24.0 Å². The minimum atomic E-state index is -0.621. The van der Waals surface area contributed by atoms with E-state index >= 15 is 0 Å². The number of hydrogen-bond donors (Lipinski definition) is 0. The quantitative estimate of drug-likeness (QED) is 0.347. The second kappa shape index (κ2) is 8.43. The van der Waals surface area contributed by atoms with Crippen molar-refractivity contribution in [2.45, 2.75) is 38.1 Å². The summed E-state index contributed by atoms with van der Waals surface area (Å²) in [5.41, 5.74) is 2.38. The highest BCUT2D eigenvalue weighted by Gasteiger charge is 2.45. The second-order valence-electron chi connectivity index (χ2n) is 8.60. The van der Waals surface area contributed by atoms with Crippen LogP contribution in [-0.4, -0.2) is 22.4 Å². The van der Waals surface area contributed by atoms with Crippen molar-refractivity contribution in [3.8, 4) is 0 Å². The van der Waals surface area contributed by atoms with Gasteiger partial charge in [-0.1, -0.05) is 48.9 Å². The van der Waals surface area contributed by atoms with Gasteiger partial charge in [0.25, 0.3) is 5.91 Å². The van der Waals surface area contributed by atoms with Crippen LogP contribution in [0.2, 0.25) is 0 Å². The lowest BCUT2D eigenvalue weighted by Gasteiger charge is -2.22. The first-order valence-electron chi connectivity index (χ1n) is 10.7.